The Morgan fingerprint density at radius 2 is 1.65 bits per heavy atom. The highest BCUT2D eigenvalue weighted by Gasteiger charge is 2.30. The second kappa shape index (κ2) is 4.81. The van der Waals surface area contributed by atoms with Gasteiger partial charge in [-0.15, -0.1) is 0 Å². The van der Waals surface area contributed by atoms with Crippen molar-refractivity contribution < 1.29 is 26.3 Å². The molecule has 0 atom stereocenters. The molecule has 94 valence electrons. The number of hydrogen-bond donors (Lipinski definition) is 0. The van der Waals surface area contributed by atoms with Crippen LogP contribution in [-0.2, 0) is 6.18 Å². The molecule has 1 rings (SSSR count). The number of allylic oxidation sites excluding steroid dienone is 1. The van der Waals surface area contributed by atoms with Crippen LogP contribution in [0.5, 0.6) is 0 Å². The van der Waals surface area contributed by atoms with Crippen molar-refractivity contribution in [3.63, 3.8) is 0 Å². The van der Waals surface area contributed by atoms with Crippen LogP contribution in [0.1, 0.15) is 17.5 Å². The van der Waals surface area contributed by atoms with Crippen molar-refractivity contribution in [2.24, 2.45) is 0 Å². The van der Waals surface area contributed by atoms with E-state index in [-0.39, 0.29) is 5.56 Å². The van der Waals surface area contributed by atoms with E-state index in [2.05, 4.69) is 0 Å². The number of hydrogen-bond acceptors (Lipinski definition) is 0. The van der Waals surface area contributed by atoms with Gasteiger partial charge in [0.2, 0.25) is 0 Å². The normalized spacial score (nSPS) is 13.3. The van der Waals surface area contributed by atoms with Gasteiger partial charge >= 0.3 is 12.4 Å². The Morgan fingerprint density at radius 3 is 2.18 bits per heavy atom. The second-order valence-electron chi connectivity index (χ2n) is 3.34. The molecule has 0 aromatic heterocycles. The molecule has 0 fully saturated rings. The highest BCUT2D eigenvalue weighted by atomic mass is 19.4. The van der Waals surface area contributed by atoms with Crippen molar-refractivity contribution >= 4 is 6.08 Å². The largest absolute Gasteiger partial charge is 0.416 e. The van der Waals surface area contributed by atoms with Crippen molar-refractivity contribution in [2.75, 3.05) is 0 Å². The van der Waals surface area contributed by atoms with Gasteiger partial charge < -0.3 is 0 Å². The molecule has 0 aliphatic heterocycles. The molecule has 0 unspecified atom stereocenters. The van der Waals surface area contributed by atoms with Gasteiger partial charge in [-0.3, -0.25) is 0 Å². The smallest absolute Gasteiger partial charge is 0.171 e. The molecule has 0 saturated heterocycles. The summed E-state index contributed by atoms with van der Waals surface area (Å²) in [5.41, 5.74) is -0.796. The first-order valence-electron chi connectivity index (χ1n) is 4.59. The van der Waals surface area contributed by atoms with E-state index in [9.17, 15) is 26.3 Å². The van der Waals surface area contributed by atoms with Crippen molar-refractivity contribution in [2.45, 2.75) is 18.8 Å². The van der Waals surface area contributed by atoms with Crippen LogP contribution >= 0.6 is 0 Å². The van der Waals surface area contributed by atoms with E-state index in [0.29, 0.717) is 0 Å². The lowest BCUT2D eigenvalue weighted by Gasteiger charge is -2.06. The van der Waals surface area contributed by atoms with E-state index in [1.807, 2.05) is 0 Å². The fraction of sp³-hybridized carbons (Fsp3) is 0.273. The van der Waals surface area contributed by atoms with Gasteiger partial charge in [0.25, 0.3) is 0 Å². The van der Waals surface area contributed by atoms with Crippen molar-refractivity contribution in [3.05, 3.63) is 41.5 Å². The van der Waals surface area contributed by atoms with Gasteiger partial charge in [-0.2, -0.15) is 26.3 Å². The Hall–Kier alpha value is -1.46. The van der Waals surface area contributed by atoms with Gasteiger partial charge in [-0.25, -0.2) is 0 Å². The minimum atomic E-state index is -4.49. The van der Waals surface area contributed by atoms with Gasteiger partial charge in [0.15, 0.2) is 0 Å². The summed E-state index contributed by atoms with van der Waals surface area (Å²) in [6, 6.07) is 4.12. The van der Waals surface area contributed by atoms with Crippen LogP contribution in [0.4, 0.5) is 26.3 Å². The summed E-state index contributed by atoms with van der Waals surface area (Å²) in [7, 11) is 0. The number of halogens is 6. The van der Waals surface area contributed by atoms with E-state index in [1.165, 1.54) is 6.07 Å². The summed E-state index contributed by atoms with van der Waals surface area (Å²) in [5, 5.41) is 0. The van der Waals surface area contributed by atoms with Crippen LogP contribution in [0.15, 0.2) is 30.3 Å². The Morgan fingerprint density at radius 1 is 1.00 bits per heavy atom. The zero-order valence-corrected chi connectivity index (χ0v) is 8.44. The molecule has 0 aliphatic rings. The summed E-state index contributed by atoms with van der Waals surface area (Å²) in [6.45, 7) is 0. The number of rotatable bonds is 2. The standard InChI is InChI=1S/C11H8F6/c12-10(13,14)6-2-4-8-3-1-5-9(7-8)11(15,16)17/h1-5,7H,6H2/b4-2+. The van der Waals surface area contributed by atoms with Gasteiger partial charge in [0.05, 0.1) is 12.0 Å². The second-order valence-corrected chi connectivity index (χ2v) is 3.34. The highest BCUT2D eigenvalue weighted by molar-refractivity contribution is 5.50. The summed E-state index contributed by atoms with van der Waals surface area (Å²) in [5.74, 6) is 0. The van der Waals surface area contributed by atoms with Crippen molar-refractivity contribution in [1.29, 1.82) is 0 Å². The molecular formula is C11H8F6. The summed E-state index contributed by atoms with van der Waals surface area (Å²) in [4.78, 5) is 0. The lowest BCUT2D eigenvalue weighted by Crippen LogP contribution is -2.05. The lowest BCUT2D eigenvalue weighted by molar-refractivity contribution is -0.137. The predicted molar refractivity (Wildman–Crippen MR) is 51.2 cm³/mol. The van der Waals surface area contributed by atoms with Gasteiger partial charge in [0, 0.05) is 0 Å². The first-order valence-corrected chi connectivity index (χ1v) is 4.59. The third kappa shape index (κ3) is 4.93. The average molecular weight is 254 g/mol. The number of alkyl halides is 6. The molecule has 0 bridgehead atoms. The Balaban J connectivity index is 2.80. The van der Waals surface area contributed by atoms with E-state index in [4.69, 9.17) is 0 Å². The maximum absolute atomic E-state index is 12.3. The topological polar surface area (TPSA) is 0 Å². The molecule has 0 N–H and O–H groups in total. The van der Waals surface area contributed by atoms with Gasteiger partial charge in [-0.1, -0.05) is 24.3 Å². The van der Waals surface area contributed by atoms with Crippen molar-refractivity contribution in [1.82, 2.24) is 0 Å². The molecule has 0 saturated carbocycles. The zero-order valence-electron chi connectivity index (χ0n) is 8.44. The molecule has 17 heavy (non-hydrogen) atoms. The van der Waals surface area contributed by atoms with Crippen LogP contribution in [-0.4, -0.2) is 6.18 Å². The highest BCUT2D eigenvalue weighted by Crippen LogP contribution is 2.30. The quantitative estimate of drug-likeness (QED) is 0.673. The minimum Gasteiger partial charge on any atom is -0.171 e. The Labute approximate surface area is 93.6 Å². The van der Waals surface area contributed by atoms with Crippen LogP contribution < -0.4 is 0 Å². The maximum Gasteiger partial charge on any atom is 0.416 e. The van der Waals surface area contributed by atoms with Crippen LogP contribution in [0.25, 0.3) is 6.08 Å². The SMILES string of the molecule is FC(F)(F)C/C=C/c1cccc(C(F)(F)F)c1. The molecule has 0 radical (unpaired) electrons. The van der Waals surface area contributed by atoms with Gasteiger partial charge in [0.1, 0.15) is 0 Å². The predicted octanol–water partition coefficient (Wildman–Crippen LogP) is 4.67. The van der Waals surface area contributed by atoms with E-state index < -0.39 is 24.3 Å². The minimum absolute atomic E-state index is 0.0871. The summed E-state index contributed by atoms with van der Waals surface area (Å²) >= 11 is 0. The molecule has 1 aromatic carbocycles. The molecule has 0 nitrogen and oxygen atoms in total. The summed E-state index contributed by atoms with van der Waals surface area (Å²) < 4.78 is 72.2. The van der Waals surface area contributed by atoms with Crippen molar-refractivity contribution in [3.8, 4) is 0 Å². The molecule has 0 spiro atoms. The fourth-order valence-corrected chi connectivity index (χ4v) is 1.15. The first-order chi connectivity index (χ1) is 7.68. The molecule has 0 aliphatic carbocycles. The average Bonchev–Trinajstić information content (AvgIpc) is 2.15. The zero-order chi connectivity index (χ0) is 13.1. The lowest BCUT2D eigenvalue weighted by atomic mass is 10.1. The monoisotopic (exact) mass is 254 g/mol. The molecule has 1 aromatic rings. The molecule has 0 amide bonds. The third-order valence-electron chi connectivity index (χ3n) is 1.87. The molecular weight excluding hydrogens is 246 g/mol. The van der Waals surface area contributed by atoms with Crippen LogP contribution in [0.2, 0.25) is 0 Å². The van der Waals surface area contributed by atoms with Gasteiger partial charge in [-0.05, 0) is 17.7 Å². The van der Waals surface area contributed by atoms with Crippen LogP contribution in [0.3, 0.4) is 0 Å². The third-order valence-corrected chi connectivity index (χ3v) is 1.87. The van der Waals surface area contributed by atoms with E-state index >= 15 is 0 Å². The van der Waals surface area contributed by atoms with E-state index in [0.717, 1.165) is 30.4 Å². The summed E-state index contributed by atoms with van der Waals surface area (Å²) in [6.07, 6.45) is -8.20. The number of benzene rings is 1. The van der Waals surface area contributed by atoms with E-state index in [1.54, 1.807) is 0 Å². The first kappa shape index (κ1) is 13.6. The molecule has 6 heteroatoms. The Bertz CT molecular complexity index is 399. The Kier molecular flexibility index (Phi) is 3.85. The fourth-order valence-electron chi connectivity index (χ4n) is 1.15. The van der Waals surface area contributed by atoms with Crippen LogP contribution in [0, 0.1) is 0 Å². The maximum atomic E-state index is 12.3. The molecule has 0 heterocycles.